The van der Waals surface area contributed by atoms with E-state index in [1.807, 2.05) is 0 Å². The van der Waals surface area contributed by atoms with Crippen molar-refractivity contribution >= 4 is 40.8 Å². The number of nitro benzene ring substituents is 1. The summed E-state index contributed by atoms with van der Waals surface area (Å²) in [7, 11) is 0. The number of benzene rings is 3. The minimum Gasteiger partial charge on any atom is -0.457 e. The molecule has 35 heavy (non-hydrogen) atoms. The number of alkyl halides is 3. The van der Waals surface area contributed by atoms with Gasteiger partial charge in [-0.25, -0.2) is 9.69 Å². The molecule has 0 unspecified atom stereocenters. The van der Waals surface area contributed by atoms with Gasteiger partial charge in [0.1, 0.15) is 6.61 Å². The number of nitrogens with zero attached hydrogens (tertiary/aromatic N) is 2. The Labute approximate surface area is 199 Å². The van der Waals surface area contributed by atoms with Gasteiger partial charge in [-0.1, -0.05) is 23.7 Å². The largest absolute Gasteiger partial charge is 0.457 e. The lowest BCUT2D eigenvalue weighted by atomic mass is 10.1. The minimum atomic E-state index is -4.73. The Balaban J connectivity index is 1.60. The molecule has 0 atom stereocenters. The van der Waals surface area contributed by atoms with Gasteiger partial charge in [-0.05, 0) is 42.5 Å². The molecule has 3 aromatic carbocycles. The van der Waals surface area contributed by atoms with Gasteiger partial charge in [0.2, 0.25) is 0 Å². The number of amides is 2. The van der Waals surface area contributed by atoms with Gasteiger partial charge >= 0.3 is 12.1 Å². The number of ether oxygens (including phenoxy) is 1. The van der Waals surface area contributed by atoms with Crippen LogP contribution in [-0.2, 0) is 17.5 Å². The molecular formula is C23H12ClF3N2O6. The maximum Gasteiger partial charge on any atom is 0.416 e. The average Bonchev–Trinajstić information content (AvgIpc) is 3.06. The fourth-order valence-corrected chi connectivity index (χ4v) is 3.69. The number of esters is 1. The first-order valence-electron chi connectivity index (χ1n) is 9.78. The number of halogens is 4. The van der Waals surface area contributed by atoms with E-state index in [2.05, 4.69) is 0 Å². The number of fused-ring (bicyclic) bond motifs is 1. The predicted octanol–water partition coefficient (Wildman–Crippen LogP) is 5.42. The number of rotatable bonds is 5. The van der Waals surface area contributed by atoms with Gasteiger partial charge < -0.3 is 4.74 Å². The highest BCUT2D eigenvalue weighted by molar-refractivity contribution is 6.40. The number of carbonyl (C=O) groups is 3. The van der Waals surface area contributed by atoms with E-state index in [9.17, 15) is 37.7 Å². The van der Waals surface area contributed by atoms with Crippen molar-refractivity contribution in [2.75, 3.05) is 4.90 Å². The van der Waals surface area contributed by atoms with Gasteiger partial charge in [0, 0.05) is 6.07 Å². The second-order valence-corrected chi connectivity index (χ2v) is 7.74. The van der Waals surface area contributed by atoms with E-state index in [4.69, 9.17) is 16.3 Å². The number of imide groups is 1. The topological polar surface area (TPSA) is 107 Å². The van der Waals surface area contributed by atoms with Crippen LogP contribution in [0.15, 0.2) is 60.7 Å². The van der Waals surface area contributed by atoms with Crippen LogP contribution >= 0.6 is 11.6 Å². The summed E-state index contributed by atoms with van der Waals surface area (Å²) in [6.45, 7) is -0.425. The summed E-state index contributed by atoms with van der Waals surface area (Å²) >= 11 is 5.98. The molecule has 0 bridgehead atoms. The van der Waals surface area contributed by atoms with Gasteiger partial charge in [-0.2, -0.15) is 13.2 Å². The second-order valence-electron chi connectivity index (χ2n) is 7.33. The van der Waals surface area contributed by atoms with Crippen molar-refractivity contribution in [1.29, 1.82) is 0 Å². The highest BCUT2D eigenvalue weighted by Gasteiger charge is 2.40. The Bertz CT molecular complexity index is 1410. The summed E-state index contributed by atoms with van der Waals surface area (Å²) < 4.78 is 44.5. The van der Waals surface area contributed by atoms with Crippen molar-refractivity contribution in [2.24, 2.45) is 0 Å². The van der Waals surface area contributed by atoms with Crippen LogP contribution in [-0.4, -0.2) is 22.7 Å². The zero-order valence-electron chi connectivity index (χ0n) is 17.3. The molecule has 2 amide bonds. The summed E-state index contributed by atoms with van der Waals surface area (Å²) in [5.41, 5.74) is -2.17. The average molecular weight is 505 g/mol. The normalized spacial score (nSPS) is 13.1. The Kier molecular flexibility index (Phi) is 6.03. The van der Waals surface area contributed by atoms with Crippen LogP contribution in [0, 0.1) is 10.1 Å². The van der Waals surface area contributed by atoms with E-state index in [0.29, 0.717) is 11.0 Å². The summed E-state index contributed by atoms with van der Waals surface area (Å²) in [5, 5.41) is 10.8. The fraction of sp³-hybridized carbons (Fsp3) is 0.0870. The lowest BCUT2D eigenvalue weighted by Gasteiger charge is -2.17. The Morgan fingerprint density at radius 3 is 2.37 bits per heavy atom. The van der Waals surface area contributed by atoms with Crippen molar-refractivity contribution in [1.82, 2.24) is 0 Å². The van der Waals surface area contributed by atoms with E-state index in [1.54, 1.807) is 0 Å². The molecule has 12 heteroatoms. The number of hydrogen-bond acceptors (Lipinski definition) is 6. The van der Waals surface area contributed by atoms with Crippen molar-refractivity contribution in [3.8, 4) is 0 Å². The highest BCUT2D eigenvalue weighted by Crippen LogP contribution is 2.38. The van der Waals surface area contributed by atoms with Crippen LogP contribution in [0.5, 0.6) is 0 Å². The lowest BCUT2D eigenvalue weighted by Crippen LogP contribution is -2.30. The molecule has 0 fully saturated rings. The van der Waals surface area contributed by atoms with Crippen LogP contribution in [0.4, 0.5) is 24.5 Å². The molecule has 0 aliphatic carbocycles. The number of para-hydroxylation sites is 1. The Morgan fingerprint density at radius 1 is 1.00 bits per heavy atom. The lowest BCUT2D eigenvalue weighted by molar-refractivity contribution is -0.385. The van der Waals surface area contributed by atoms with Gasteiger partial charge in [0.25, 0.3) is 17.5 Å². The standard InChI is InChI=1S/C23H12ClF3N2O6/c24-17-8-6-14(23(25,26)27)10-19(17)28-20(30)15-7-5-12(9-16(15)21(28)31)22(32)35-11-13-3-1-2-4-18(13)29(33)34/h1-10H,11H2. The minimum absolute atomic E-state index is 0.138. The van der Waals surface area contributed by atoms with Crippen molar-refractivity contribution in [3.63, 3.8) is 0 Å². The van der Waals surface area contributed by atoms with Gasteiger partial charge in [-0.15, -0.1) is 0 Å². The third kappa shape index (κ3) is 4.45. The third-order valence-electron chi connectivity index (χ3n) is 5.18. The summed E-state index contributed by atoms with van der Waals surface area (Å²) in [4.78, 5) is 49.2. The molecular weight excluding hydrogens is 493 g/mol. The SMILES string of the molecule is O=C(OCc1ccccc1[N+](=O)[O-])c1ccc2c(c1)C(=O)N(c1cc(C(F)(F)F)ccc1Cl)C2=O. The van der Waals surface area contributed by atoms with Gasteiger partial charge in [0.05, 0.1) is 43.5 Å². The molecule has 0 saturated carbocycles. The van der Waals surface area contributed by atoms with Crippen LogP contribution in [0.1, 0.15) is 42.2 Å². The van der Waals surface area contributed by atoms with E-state index in [1.165, 1.54) is 36.4 Å². The molecule has 0 radical (unpaired) electrons. The van der Waals surface area contributed by atoms with Gasteiger partial charge in [-0.3, -0.25) is 19.7 Å². The van der Waals surface area contributed by atoms with E-state index < -0.39 is 46.7 Å². The second kappa shape index (κ2) is 8.84. The molecule has 3 aromatic rings. The van der Waals surface area contributed by atoms with E-state index >= 15 is 0 Å². The molecule has 0 saturated heterocycles. The quantitative estimate of drug-likeness (QED) is 0.199. The number of carbonyl (C=O) groups excluding carboxylic acids is 3. The molecule has 178 valence electrons. The number of hydrogen-bond donors (Lipinski definition) is 0. The summed E-state index contributed by atoms with van der Waals surface area (Å²) in [5.74, 6) is -2.81. The zero-order chi connectivity index (χ0) is 25.5. The molecule has 8 nitrogen and oxygen atoms in total. The van der Waals surface area contributed by atoms with Crippen molar-refractivity contribution in [3.05, 3.63) is 104 Å². The highest BCUT2D eigenvalue weighted by atomic mass is 35.5. The predicted molar refractivity (Wildman–Crippen MR) is 116 cm³/mol. The first-order valence-corrected chi connectivity index (χ1v) is 10.2. The number of anilines is 1. The maximum atomic E-state index is 13.1. The molecule has 1 heterocycles. The first-order chi connectivity index (χ1) is 16.5. The van der Waals surface area contributed by atoms with Gasteiger partial charge in [0.15, 0.2) is 0 Å². The first kappa shape index (κ1) is 23.9. The molecule has 1 aliphatic rings. The van der Waals surface area contributed by atoms with Crippen LogP contribution in [0.2, 0.25) is 5.02 Å². The summed E-state index contributed by atoms with van der Waals surface area (Å²) in [6.07, 6.45) is -4.73. The van der Waals surface area contributed by atoms with Crippen LogP contribution < -0.4 is 4.90 Å². The Morgan fingerprint density at radius 2 is 1.69 bits per heavy atom. The Hall–Kier alpha value is -4.25. The summed E-state index contributed by atoms with van der Waals surface area (Å²) in [6, 6.07) is 11.3. The smallest absolute Gasteiger partial charge is 0.416 e. The fourth-order valence-electron chi connectivity index (χ4n) is 3.48. The third-order valence-corrected chi connectivity index (χ3v) is 5.50. The molecule has 4 rings (SSSR count). The molecule has 0 N–H and O–H groups in total. The van der Waals surface area contributed by atoms with E-state index in [0.717, 1.165) is 18.2 Å². The monoisotopic (exact) mass is 504 g/mol. The zero-order valence-corrected chi connectivity index (χ0v) is 18.1. The maximum absolute atomic E-state index is 13.1. The number of nitro groups is 1. The molecule has 0 aromatic heterocycles. The molecule has 0 spiro atoms. The van der Waals surface area contributed by atoms with E-state index in [-0.39, 0.29) is 33.0 Å². The van der Waals surface area contributed by atoms with Crippen LogP contribution in [0.25, 0.3) is 0 Å². The van der Waals surface area contributed by atoms with Crippen molar-refractivity contribution < 1.29 is 37.2 Å². The van der Waals surface area contributed by atoms with Crippen molar-refractivity contribution in [2.45, 2.75) is 12.8 Å². The molecule has 1 aliphatic heterocycles. The van der Waals surface area contributed by atoms with Crippen LogP contribution in [0.3, 0.4) is 0 Å².